The maximum atomic E-state index is 13.0. The van der Waals surface area contributed by atoms with E-state index in [1.807, 2.05) is 0 Å². The predicted octanol–water partition coefficient (Wildman–Crippen LogP) is 1.83. The van der Waals surface area contributed by atoms with Crippen LogP contribution in [0.4, 0.5) is 15.9 Å². The molecule has 2 heterocycles. The van der Waals surface area contributed by atoms with Crippen molar-refractivity contribution in [3.63, 3.8) is 0 Å². The number of nitrogens with zero attached hydrogens (tertiary/aromatic N) is 2. The summed E-state index contributed by atoms with van der Waals surface area (Å²) in [6, 6.07) is 4.27. The van der Waals surface area contributed by atoms with Crippen LogP contribution in [0.2, 0.25) is 0 Å². The Morgan fingerprint density at radius 1 is 1.25 bits per heavy atom. The number of amides is 2. The smallest absolute Gasteiger partial charge is 0.258 e. The SMILES string of the molecule is CC(=O)Nc1cccnc1NC(=O)c1cncc(F)c1. The Bertz CT molecular complexity index is 660. The molecule has 102 valence electrons. The molecule has 7 heteroatoms. The van der Waals surface area contributed by atoms with Crippen molar-refractivity contribution < 1.29 is 14.0 Å². The van der Waals surface area contributed by atoms with E-state index in [2.05, 4.69) is 20.6 Å². The highest BCUT2D eigenvalue weighted by Crippen LogP contribution is 2.18. The van der Waals surface area contributed by atoms with Crippen LogP contribution >= 0.6 is 0 Å². The third-order valence-electron chi connectivity index (χ3n) is 2.32. The van der Waals surface area contributed by atoms with E-state index >= 15 is 0 Å². The Morgan fingerprint density at radius 3 is 2.75 bits per heavy atom. The van der Waals surface area contributed by atoms with Crippen LogP contribution in [0.15, 0.2) is 36.8 Å². The van der Waals surface area contributed by atoms with Gasteiger partial charge in [0.1, 0.15) is 5.82 Å². The van der Waals surface area contributed by atoms with Gasteiger partial charge in [-0.2, -0.15) is 0 Å². The second-order valence-corrected chi connectivity index (χ2v) is 3.93. The summed E-state index contributed by atoms with van der Waals surface area (Å²) in [6.45, 7) is 1.34. The average Bonchev–Trinajstić information content (AvgIpc) is 2.40. The first-order valence-electron chi connectivity index (χ1n) is 5.71. The van der Waals surface area contributed by atoms with E-state index in [1.165, 1.54) is 19.3 Å². The lowest BCUT2D eigenvalue weighted by Crippen LogP contribution is -2.16. The number of halogens is 1. The van der Waals surface area contributed by atoms with Gasteiger partial charge in [-0.3, -0.25) is 14.6 Å². The molecule has 2 aromatic rings. The monoisotopic (exact) mass is 274 g/mol. The van der Waals surface area contributed by atoms with E-state index in [0.717, 1.165) is 12.3 Å². The first-order valence-corrected chi connectivity index (χ1v) is 5.71. The van der Waals surface area contributed by atoms with E-state index in [1.54, 1.807) is 12.1 Å². The van der Waals surface area contributed by atoms with Gasteiger partial charge in [-0.25, -0.2) is 9.37 Å². The molecular weight excluding hydrogens is 263 g/mol. The standard InChI is InChI=1S/C13H11FN4O2/c1-8(19)17-11-3-2-4-16-12(11)18-13(20)9-5-10(14)7-15-6-9/h2-7H,1H3,(H,17,19)(H,16,18,20). The van der Waals surface area contributed by atoms with Crippen molar-refractivity contribution in [3.05, 3.63) is 48.2 Å². The van der Waals surface area contributed by atoms with E-state index in [9.17, 15) is 14.0 Å². The van der Waals surface area contributed by atoms with Crippen LogP contribution in [-0.4, -0.2) is 21.8 Å². The molecule has 0 aliphatic rings. The van der Waals surface area contributed by atoms with Gasteiger partial charge in [0, 0.05) is 19.3 Å². The minimum Gasteiger partial charge on any atom is -0.323 e. The van der Waals surface area contributed by atoms with Gasteiger partial charge < -0.3 is 10.6 Å². The Labute approximate surface area is 114 Å². The second kappa shape index (κ2) is 5.87. The maximum absolute atomic E-state index is 13.0. The molecule has 20 heavy (non-hydrogen) atoms. The van der Waals surface area contributed by atoms with Crippen LogP contribution in [0, 0.1) is 5.82 Å². The number of aromatic nitrogens is 2. The lowest BCUT2D eigenvalue weighted by Gasteiger charge is -2.09. The third-order valence-corrected chi connectivity index (χ3v) is 2.32. The van der Waals surface area contributed by atoms with Gasteiger partial charge in [0.05, 0.1) is 17.4 Å². The summed E-state index contributed by atoms with van der Waals surface area (Å²) < 4.78 is 13.0. The zero-order valence-electron chi connectivity index (χ0n) is 10.6. The fraction of sp³-hybridized carbons (Fsp3) is 0.0769. The molecule has 2 aromatic heterocycles. The fourth-order valence-corrected chi connectivity index (χ4v) is 1.51. The van der Waals surface area contributed by atoms with E-state index in [0.29, 0.717) is 5.69 Å². The summed E-state index contributed by atoms with van der Waals surface area (Å²) in [6.07, 6.45) is 3.70. The number of hydrogen-bond acceptors (Lipinski definition) is 4. The lowest BCUT2D eigenvalue weighted by molar-refractivity contribution is -0.114. The van der Waals surface area contributed by atoms with Crippen LogP contribution < -0.4 is 10.6 Å². The number of nitrogens with one attached hydrogen (secondary N) is 2. The van der Waals surface area contributed by atoms with Crippen molar-refractivity contribution in [2.45, 2.75) is 6.92 Å². The van der Waals surface area contributed by atoms with Gasteiger partial charge in [0.2, 0.25) is 5.91 Å². The Kier molecular flexibility index (Phi) is 3.99. The molecule has 0 fully saturated rings. The largest absolute Gasteiger partial charge is 0.323 e. The van der Waals surface area contributed by atoms with Crippen LogP contribution in [0.25, 0.3) is 0 Å². The zero-order chi connectivity index (χ0) is 14.5. The van der Waals surface area contributed by atoms with Gasteiger partial charge in [0.15, 0.2) is 5.82 Å². The third kappa shape index (κ3) is 3.35. The number of rotatable bonds is 3. The summed E-state index contributed by atoms with van der Waals surface area (Å²) in [4.78, 5) is 30.5. The molecule has 0 aliphatic carbocycles. The molecule has 2 rings (SSSR count). The number of hydrogen-bond donors (Lipinski definition) is 2. The quantitative estimate of drug-likeness (QED) is 0.894. The summed E-state index contributed by atoms with van der Waals surface area (Å²) >= 11 is 0. The molecular formula is C13H11FN4O2. The van der Waals surface area contributed by atoms with E-state index in [4.69, 9.17) is 0 Å². The highest BCUT2D eigenvalue weighted by Gasteiger charge is 2.11. The number of anilines is 2. The van der Waals surface area contributed by atoms with Gasteiger partial charge in [-0.1, -0.05) is 0 Å². The molecule has 2 N–H and O–H groups in total. The average molecular weight is 274 g/mol. The molecule has 0 spiro atoms. The topological polar surface area (TPSA) is 84.0 Å². The summed E-state index contributed by atoms with van der Waals surface area (Å²) in [5.74, 6) is -1.29. The second-order valence-electron chi connectivity index (χ2n) is 3.93. The highest BCUT2D eigenvalue weighted by atomic mass is 19.1. The molecule has 0 saturated carbocycles. The molecule has 6 nitrogen and oxygen atoms in total. The van der Waals surface area contributed by atoms with Gasteiger partial charge in [-0.05, 0) is 18.2 Å². The summed E-state index contributed by atoms with van der Waals surface area (Å²) in [5.41, 5.74) is 0.419. The molecule has 0 radical (unpaired) electrons. The Hall–Kier alpha value is -2.83. The van der Waals surface area contributed by atoms with E-state index in [-0.39, 0.29) is 17.3 Å². The molecule has 0 atom stereocenters. The van der Waals surface area contributed by atoms with Crippen molar-refractivity contribution in [2.75, 3.05) is 10.6 Å². The van der Waals surface area contributed by atoms with Gasteiger partial charge in [-0.15, -0.1) is 0 Å². The molecule has 0 unspecified atom stereocenters. The fourth-order valence-electron chi connectivity index (χ4n) is 1.51. The Balaban J connectivity index is 2.21. The van der Waals surface area contributed by atoms with Crippen LogP contribution in [0.3, 0.4) is 0 Å². The molecule has 2 amide bonds. The number of carbonyl (C=O) groups excluding carboxylic acids is 2. The lowest BCUT2D eigenvalue weighted by atomic mass is 10.2. The first-order chi connectivity index (χ1) is 9.56. The van der Waals surface area contributed by atoms with Crippen molar-refractivity contribution in [1.29, 1.82) is 0 Å². The van der Waals surface area contributed by atoms with Crippen LogP contribution in [0.1, 0.15) is 17.3 Å². The highest BCUT2D eigenvalue weighted by molar-refractivity contribution is 6.06. The maximum Gasteiger partial charge on any atom is 0.258 e. The first kappa shape index (κ1) is 13.6. The molecule has 0 bridgehead atoms. The Morgan fingerprint density at radius 2 is 2.05 bits per heavy atom. The minimum absolute atomic E-state index is 0.0597. The molecule has 0 aliphatic heterocycles. The van der Waals surface area contributed by atoms with Crippen molar-refractivity contribution in [3.8, 4) is 0 Å². The molecule has 0 saturated heterocycles. The minimum atomic E-state index is -0.610. The van der Waals surface area contributed by atoms with Gasteiger partial charge in [0.25, 0.3) is 5.91 Å². The van der Waals surface area contributed by atoms with Crippen molar-refractivity contribution in [1.82, 2.24) is 9.97 Å². The van der Waals surface area contributed by atoms with Crippen molar-refractivity contribution >= 4 is 23.3 Å². The number of carbonyl (C=O) groups is 2. The van der Waals surface area contributed by atoms with Crippen LogP contribution in [0.5, 0.6) is 0 Å². The zero-order valence-corrected chi connectivity index (χ0v) is 10.6. The van der Waals surface area contributed by atoms with Crippen LogP contribution in [-0.2, 0) is 4.79 Å². The van der Waals surface area contributed by atoms with Gasteiger partial charge >= 0.3 is 0 Å². The molecule has 0 aromatic carbocycles. The van der Waals surface area contributed by atoms with E-state index < -0.39 is 11.7 Å². The summed E-state index contributed by atoms with van der Waals surface area (Å²) in [5, 5.41) is 5.02. The van der Waals surface area contributed by atoms with Crippen molar-refractivity contribution in [2.24, 2.45) is 0 Å². The predicted molar refractivity (Wildman–Crippen MR) is 70.7 cm³/mol. The number of pyridine rings is 2. The summed E-state index contributed by atoms with van der Waals surface area (Å²) in [7, 11) is 0. The normalized spacial score (nSPS) is 9.90.